The van der Waals surface area contributed by atoms with E-state index < -0.39 is 34.8 Å². The molecule has 9 nitrogen and oxygen atoms in total. The summed E-state index contributed by atoms with van der Waals surface area (Å²) in [6.07, 6.45) is 0. The predicted octanol–water partition coefficient (Wildman–Crippen LogP) is -0.415. The summed E-state index contributed by atoms with van der Waals surface area (Å²) in [7, 11) is 1.60. The van der Waals surface area contributed by atoms with E-state index in [1.807, 2.05) is 0 Å². The number of para-hydroxylation sites is 1. The number of likely N-dealkylation sites (tertiary alicyclic amines) is 1. The van der Waals surface area contributed by atoms with Gasteiger partial charge in [0.1, 0.15) is 24.8 Å². The normalized spacial score (nSPS) is 25.4. The standard InChI is InChI=1S/C24H25N3O6/c1-15-7-8-18(33-15)20(28)19-21(29)22(30)27(10-9-26-11-13-32-14-12-26)24(19)16-5-3-4-6-17(16)25(2)23(24)31/h3-8,19H,9-14H2,1-2H3/p+1. The van der Waals surface area contributed by atoms with Crippen LogP contribution in [0.3, 0.4) is 0 Å². The highest BCUT2D eigenvalue weighted by Crippen LogP contribution is 2.52. The van der Waals surface area contributed by atoms with Crippen molar-refractivity contribution in [3.63, 3.8) is 0 Å². The van der Waals surface area contributed by atoms with Gasteiger partial charge in [0.15, 0.2) is 11.3 Å². The van der Waals surface area contributed by atoms with Crippen LogP contribution in [0.5, 0.6) is 0 Å². The highest BCUT2D eigenvalue weighted by atomic mass is 16.5. The van der Waals surface area contributed by atoms with Gasteiger partial charge in [-0.3, -0.25) is 19.2 Å². The van der Waals surface area contributed by atoms with Crippen molar-refractivity contribution in [3.8, 4) is 0 Å². The van der Waals surface area contributed by atoms with E-state index in [-0.39, 0.29) is 12.3 Å². The van der Waals surface area contributed by atoms with Crippen molar-refractivity contribution in [1.29, 1.82) is 0 Å². The van der Waals surface area contributed by atoms with Crippen molar-refractivity contribution in [1.82, 2.24) is 4.90 Å². The van der Waals surface area contributed by atoms with Crippen LogP contribution < -0.4 is 9.80 Å². The quantitative estimate of drug-likeness (QED) is 0.376. The van der Waals surface area contributed by atoms with E-state index in [1.165, 1.54) is 20.8 Å². The first kappa shape index (κ1) is 21.5. The second-order valence-corrected chi connectivity index (χ2v) is 8.79. The lowest BCUT2D eigenvalue weighted by molar-refractivity contribution is -0.907. The zero-order chi connectivity index (χ0) is 23.3. The van der Waals surface area contributed by atoms with E-state index in [0.29, 0.717) is 36.8 Å². The summed E-state index contributed by atoms with van der Waals surface area (Å²) < 4.78 is 10.9. The summed E-state index contributed by atoms with van der Waals surface area (Å²) in [5.74, 6) is -3.81. The zero-order valence-corrected chi connectivity index (χ0v) is 18.6. The Morgan fingerprint density at radius 2 is 1.85 bits per heavy atom. The summed E-state index contributed by atoms with van der Waals surface area (Å²) in [6.45, 7) is 5.21. The smallest absolute Gasteiger partial charge is 0.292 e. The first-order valence-corrected chi connectivity index (χ1v) is 11.1. The number of hydrogen-bond donors (Lipinski definition) is 1. The number of morpholine rings is 1. The predicted molar refractivity (Wildman–Crippen MR) is 116 cm³/mol. The molecule has 0 saturated carbocycles. The molecule has 5 rings (SSSR count). The number of nitrogens with zero attached hydrogens (tertiary/aromatic N) is 2. The number of hydrogen-bond acceptors (Lipinski definition) is 6. The molecule has 3 aliphatic heterocycles. The third-order valence-electron chi connectivity index (χ3n) is 7.00. The second-order valence-electron chi connectivity index (χ2n) is 8.79. The van der Waals surface area contributed by atoms with E-state index in [1.54, 1.807) is 44.3 Å². The molecule has 9 heteroatoms. The van der Waals surface area contributed by atoms with Crippen LogP contribution in [0.4, 0.5) is 5.69 Å². The summed E-state index contributed by atoms with van der Waals surface area (Å²) in [5.41, 5.74) is -0.638. The van der Waals surface area contributed by atoms with Crippen molar-refractivity contribution in [3.05, 3.63) is 53.5 Å². The molecule has 2 aromatic rings. The van der Waals surface area contributed by atoms with E-state index in [9.17, 15) is 19.2 Å². The molecule has 0 aliphatic carbocycles. The minimum absolute atomic E-state index is 0.0292. The molecule has 1 aromatic carbocycles. The highest BCUT2D eigenvalue weighted by molar-refractivity contribution is 6.46. The van der Waals surface area contributed by atoms with Crippen molar-refractivity contribution in [2.45, 2.75) is 12.5 Å². The average molecular weight is 452 g/mol. The van der Waals surface area contributed by atoms with Gasteiger partial charge in [0.25, 0.3) is 11.8 Å². The summed E-state index contributed by atoms with van der Waals surface area (Å²) in [4.78, 5) is 58.2. The number of fused-ring (bicyclic) bond motifs is 2. The third kappa shape index (κ3) is 3.07. The van der Waals surface area contributed by atoms with Crippen LogP contribution in [-0.4, -0.2) is 74.7 Å². The van der Waals surface area contributed by atoms with Crippen LogP contribution in [0.2, 0.25) is 0 Å². The van der Waals surface area contributed by atoms with Gasteiger partial charge < -0.3 is 23.9 Å². The molecule has 4 heterocycles. The van der Waals surface area contributed by atoms with Gasteiger partial charge in [-0.1, -0.05) is 18.2 Å². The Bertz CT molecular complexity index is 1150. The number of aryl methyl sites for hydroxylation is 1. The second kappa shape index (κ2) is 7.93. The molecule has 33 heavy (non-hydrogen) atoms. The van der Waals surface area contributed by atoms with Crippen LogP contribution in [0.1, 0.15) is 21.9 Å². The molecule has 2 unspecified atom stereocenters. The summed E-state index contributed by atoms with van der Waals surface area (Å²) >= 11 is 0. The van der Waals surface area contributed by atoms with Gasteiger partial charge in [0.2, 0.25) is 11.6 Å². The number of amides is 2. The van der Waals surface area contributed by atoms with Gasteiger partial charge in [-0.25, -0.2) is 0 Å². The molecule has 0 bridgehead atoms. The first-order valence-electron chi connectivity index (χ1n) is 11.1. The van der Waals surface area contributed by atoms with Gasteiger partial charge >= 0.3 is 0 Å². The average Bonchev–Trinajstić information content (AvgIpc) is 3.43. The molecule has 1 N–H and O–H groups in total. The van der Waals surface area contributed by atoms with Crippen LogP contribution in [-0.2, 0) is 24.7 Å². The van der Waals surface area contributed by atoms with Crippen molar-refractivity contribution in [2.75, 3.05) is 51.3 Å². The third-order valence-corrected chi connectivity index (χ3v) is 7.00. The number of furan rings is 1. The Labute approximate surface area is 190 Å². The van der Waals surface area contributed by atoms with Gasteiger partial charge in [0.05, 0.1) is 26.3 Å². The van der Waals surface area contributed by atoms with Crippen LogP contribution in [0.15, 0.2) is 40.8 Å². The van der Waals surface area contributed by atoms with Gasteiger partial charge in [0, 0.05) is 18.3 Å². The monoisotopic (exact) mass is 452 g/mol. The molecule has 172 valence electrons. The maximum absolute atomic E-state index is 13.9. The number of benzene rings is 1. The molecule has 2 fully saturated rings. The van der Waals surface area contributed by atoms with Crippen LogP contribution >= 0.6 is 0 Å². The Morgan fingerprint density at radius 3 is 2.55 bits per heavy atom. The highest BCUT2D eigenvalue weighted by Gasteiger charge is 2.70. The number of anilines is 1. The number of rotatable bonds is 5. The van der Waals surface area contributed by atoms with Crippen molar-refractivity contribution in [2.24, 2.45) is 5.92 Å². The van der Waals surface area contributed by atoms with Crippen molar-refractivity contribution < 1.29 is 33.2 Å². The fraction of sp³-hybridized carbons (Fsp3) is 0.417. The molecule has 2 saturated heterocycles. The Kier molecular flexibility index (Phi) is 5.18. The van der Waals surface area contributed by atoms with E-state index in [4.69, 9.17) is 9.15 Å². The molecular weight excluding hydrogens is 426 g/mol. The maximum atomic E-state index is 13.9. The van der Waals surface area contributed by atoms with E-state index in [2.05, 4.69) is 0 Å². The molecular formula is C24H26N3O6+. The van der Waals surface area contributed by atoms with Gasteiger partial charge in [-0.2, -0.15) is 0 Å². The molecule has 0 radical (unpaired) electrons. The molecule has 1 aromatic heterocycles. The fourth-order valence-corrected chi connectivity index (χ4v) is 5.35. The number of quaternary nitrogens is 1. The van der Waals surface area contributed by atoms with Crippen LogP contribution in [0.25, 0.3) is 0 Å². The topological polar surface area (TPSA) is 102 Å². The number of carbonyl (C=O) groups excluding carboxylic acids is 4. The Balaban J connectivity index is 1.63. The number of ketones is 2. The largest absolute Gasteiger partial charge is 0.458 e. The zero-order valence-electron chi connectivity index (χ0n) is 18.6. The lowest BCUT2D eigenvalue weighted by atomic mass is 9.76. The SMILES string of the molecule is Cc1ccc(C(=O)C2C(=O)C(=O)N(CC[NH+]3CCOCC3)C23C(=O)N(C)c2ccccc23)o1. The number of nitrogens with one attached hydrogen (secondary N) is 1. The number of carbonyl (C=O) groups is 4. The van der Waals surface area contributed by atoms with Gasteiger partial charge in [-0.05, 0) is 25.1 Å². The minimum Gasteiger partial charge on any atom is -0.458 e. The molecule has 3 aliphatic rings. The maximum Gasteiger partial charge on any atom is 0.292 e. The Hall–Kier alpha value is -3.30. The van der Waals surface area contributed by atoms with Gasteiger partial charge in [-0.15, -0.1) is 0 Å². The fourth-order valence-electron chi connectivity index (χ4n) is 5.35. The summed E-state index contributed by atoms with van der Waals surface area (Å²) in [5, 5.41) is 0. The Morgan fingerprint density at radius 1 is 1.12 bits per heavy atom. The van der Waals surface area contributed by atoms with E-state index >= 15 is 0 Å². The molecule has 1 spiro atoms. The first-order chi connectivity index (χ1) is 15.9. The molecule has 2 amide bonds. The van der Waals surface area contributed by atoms with E-state index in [0.717, 1.165) is 13.1 Å². The minimum atomic E-state index is -1.72. The number of likely N-dealkylation sites (N-methyl/N-ethyl adjacent to an activating group) is 1. The molecule has 2 atom stereocenters. The number of ether oxygens (including phenoxy) is 1. The van der Waals surface area contributed by atoms with Crippen LogP contribution in [0, 0.1) is 12.8 Å². The summed E-state index contributed by atoms with van der Waals surface area (Å²) in [6, 6.07) is 10.1. The lowest BCUT2D eigenvalue weighted by Gasteiger charge is -2.36. The lowest BCUT2D eigenvalue weighted by Crippen LogP contribution is -3.14. The van der Waals surface area contributed by atoms with Crippen molar-refractivity contribution >= 4 is 29.1 Å². The number of Topliss-reactive ketones (excluding diaryl/α,β-unsaturated/α-hetero) is 2.